The molecule has 1 aliphatic carbocycles. The first kappa shape index (κ1) is 15.8. The van der Waals surface area contributed by atoms with E-state index in [-0.39, 0.29) is 5.91 Å². The lowest BCUT2D eigenvalue weighted by Crippen LogP contribution is -2.31. The molecule has 0 bridgehead atoms. The van der Waals surface area contributed by atoms with Crippen molar-refractivity contribution in [1.29, 1.82) is 0 Å². The lowest BCUT2D eigenvalue weighted by molar-refractivity contribution is -0.127. The largest absolute Gasteiger partial charge is 0.382 e. The maximum Gasteiger partial charge on any atom is 0.226 e. The van der Waals surface area contributed by atoms with Crippen LogP contribution in [0.15, 0.2) is 24.3 Å². The van der Waals surface area contributed by atoms with Gasteiger partial charge < -0.3 is 15.0 Å². The number of anilines is 1. The molecule has 1 aromatic rings. The summed E-state index contributed by atoms with van der Waals surface area (Å²) in [6.45, 7) is 0. The lowest BCUT2D eigenvalue weighted by atomic mass is 9.92. The molecule has 21 heavy (non-hydrogen) atoms. The van der Waals surface area contributed by atoms with Gasteiger partial charge in [-0.05, 0) is 43.4 Å². The van der Waals surface area contributed by atoms with E-state index in [9.17, 15) is 4.79 Å². The van der Waals surface area contributed by atoms with Gasteiger partial charge in [-0.1, -0.05) is 12.1 Å². The van der Waals surface area contributed by atoms with Gasteiger partial charge in [-0.2, -0.15) is 0 Å². The number of nitrogens with one attached hydrogen (secondary N) is 1. The lowest BCUT2D eigenvalue weighted by Gasteiger charge is -2.29. The summed E-state index contributed by atoms with van der Waals surface area (Å²) in [6.07, 6.45) is 5.49. The minimum atomic E-state index is 0.130. The third-order valence-corrected chi connectivity index (χ3v) is 4.14. The molecule has 1 saturated carbocycles. The van der Waals surface area contributed by atoms with Crippen molar-refractivity contribution in [1.82, 2.24) is 4.90 Å². The van der Waals surface area contributed by atoms with E-state index < -0.39 is 0 Å². The van der Waals surface area contributed by atoms with Crippen LogP contribution in [-0.4, -0.2) is 44.2 Å². The Bertz CT molecular complexity index is 456. The van der Waals surface area contributed by atoms with E-state index in [1.807, 2.05) is 12.1 Å². The number of amides is 1. The highest BCUT2D eigenvalue weighted by Crippen LogP contribution is 2.24. The highest BCUT2D eigenvalue weighted by molar-refractivity contribution is 5.78. The van der Waals surface area contributed by atoms with Crippen LogP contribution in [-0.2, 0) is 16.0 Å². The SMILES string of the molecule is COC1CCCC(Nc2ccc(CC(=O)N(C)C)cc2)C1. The molecule has 0 heterocycles. The maximum atomic E-state index is 11.7. The summed E-state index contributed by atoms with van der Waals surface area (Å²) in [5, 5.41) is 3.57. The molecule has 1 N–H and O–H groups in total. The van der Waals surface area contributed by atoms with Crippen molar-refractivity contribution in [3.8, 4) is 0 Å². The van der Waals surface area contributed by atoms with Crippen LogP contribution in [0.4, 0.5) is 5.69 Å². The summed E-state index contributed by atoms with van der Waals surface area (Å²) in [4.78, 5) is 13.3. The highest BCUT2D eigenvalue weighted by atomic mass is 16.5. The van der Waals surface area contributed by atoms with Crippen molar-refractivity contribution in [2.75, 3.05) is 26.5 Å². The summed E-state index contributed by atoms with van der Waals surface area (Å²) >= 11 is 0. The van der Waals surface area contributed by atoms with Gasteiger partial charge in [0.05, 0.1) is 12.5 Å². The van der Waals surface area contributed by atoms with Crippen LogP contribution in [0.1, 0.15) is 31.2 Å². The Morgan fingerprint density at radius 3 is 2.62 bits per heavy atom. The van der Waals surface area contributed by atoms with Gasteiger partial charge >= 0.3 is 0 Å². The van der Waals surface area contributed by atoms with Gasteiger partial charge in [-0.3, -0.25) is 4.79 Å². The maximum absolute atomic E-state index is 11.7. The fourth-order valence-corrected chi connectivity index (χ4v) is 2.78. The zero-order valence-electron chi connectivity index (χ0n) is 13.3. The van der Waals surface area contributed by atoms with Crippen molar-refractivity contribution in [3.63, 3.8) is 0 Å². The molecule has 116 valence electrons. The third kappa shape index (κ3) is 4.74. The van der Waals surface area contributed by atoms with Crippen LogP contribution in [0.2, 0.25) is 0 Å². The van der Waals surface area contributed by atoms with Crippen molar-refractivity contribution in [2.24, 2.45) is 0 Å². The first-order valence-corrected chi connectivity index (χ1v) is 7.67. The van der Waals surface area contributed by atoms with E-state index in [1.165, 1.54) is 19.3 Å². The number of likely N-dealkylation sites (N-methyl/N-ethyl adjacent to an activating group) is 1. The van der Waals surface area contributed by atoms with Gasteiger partial charge in [0.2, 0.25) is 5.91 Å². The molecule has 4 nitrogen and oxygen atoms in total. The van der Waals surface area contributed by atoms with Gasteiger partial charge in [0.1, 0.15) is 0 Å². The van der Waals surface area contributed by atoms with E-state index in [2.05, 4.69) is 17.4 Å². The Hall–Kier alpha value is -1.55. The van der Waals surface area contributed by atoms with Crippen molar-refractivity contribution in [2.45, 2.75) is 44.2 Å². The monoisotopic (exact) mass is 290 g/mol. The quantitative estimate of drug-likeness (QED) is 0.906. The molecule has 0 radical (unpaired) electrons. The Kier molecular flexibility index (Phi) is 5.62. The fraction of sp³-hybridized carbons (Fsp3) is 0.588. The predicted octanol–water partition coefficient (Wildman–Crippen LogP) is 2.69. The second-order valence-electron chi connectivity index (χ2n) is 6.03. The standard InChI is InChI=1S/C17H26N2O2/c1-19(2)17(20)11-13-7-9-14(10-8-13)18-15-5-4-6-16(12-15)21-3/h7-10,15-16,18H,4-6,11-12H2,1-3H3. The molecule has 2 unspecified atom stereocenters. The molecule has 0 spiro atoms. The van der Waals surface area contributed by atoms with E-state index >= 15 is 0 Å². The Labute approximate surface area is 127 Å². The number of nitrogens with zero attached hydrogens (tertiary/aromatic N) is 1. The number of rotatable bonds is 5. The minimum Gasteiger partial charge on any atom is -0.382 e. The predicted molar refractivity (Wildman–Crippen MR) is 85.5 cm³/mol. The van der Waals surface area contributed by atoms with E-state index in [0.717, 1.165) is 17.7 Å². The minimum absolute atomic E-state index is 0.130. The molecule has 2 rings (SSSR count). The van der Waals surface area contributed by atoms with Crippen LogP contribution in [0, 0.1) is 0 Å². The number of hydrogen-bond acceptors (Lipinski definition) is 3. The highest BCUT2D eigenvalue weighted by Gasteiger charge is 2.21. The summed E-state index contributed by atoms with van der Waals surface area (Å²) in [7, 11) is 5.37. The van der Waals surface area contributed by atoms with E-state index in [4.69, 9.17) is 4.74 Å². The zero-order chi connectivity index (χ0) is 15.2. The molecule has 1 aromatic carbocycles. The summed E-state index contributed by atoms with van der Waals surface area (Å²) in [6, 6.07) is 8.67. The average molecular weight is 290 g/mol. The van der Waals surface area contributed by atoms with Crippen LogP contribution < -0.4 is 5.32 Å². The molecule has 0 aliphatic heterocycles. The summed E-state index contributed by atoms with van der Waals surface area (Å²) < 4.78 is 5.46. The Morgan fingerprint density at radius 2 is 2.00 bits per heavy atom. The number of carbonyl (C=O) groups is 1. The zero-order valence-corrected chi connectivity index (χ0v) is 13.3. The average Bonchev–Trinajstić information content (AvgIpc) is 2.49. The topological polar surface area (TPSA) is 41.6 Å². The van der Waals surface area contributed by atoms with Crippen molar-refractivity contribution >= 4 is 11.6 Å². The first-order chi connectivity index (χ1) is 10.1. The molecule has 0 saturated heterocycles. The van der Waals surface area contributed by atoms with Crippen LogP contribution in [0.3, 0.4) is 0 Å². The molecule has 0 aromatic heterocycles. The van der Waals surface area contributed by atoms with Crippen LogP contribution >= 0.6 is 0 Å². The number of hydrogen-bond donors (Lipinski definition) is 1. The number of ether oxygens (including phenoxy) is 1. The first-order valence-electron chi connectivity index (χ1n) is 7.67. The van der Waals surface area contributed by atoms with Crippen LogP contribution in [0.25, 0.3) is 0 Å². The molecule has 1 aliphatic rings. The van der Waals surface area contributed by atoms with Gasteiger partial charge in [-0.15, -0.1) is 0 Å². The number of carbonyl (C=O) groups excluding carboxylic acids is 1. The normalized spacial score (nSPS) is 21.9. The smallest absolute Gasteiger partial charge is 0.226 e. The molecular weight excluding hydrogens is 264 g/mol. The fourth-order valence-electron chi connectivity index (χ4n) is 2.78. The van der Waals surface area contributed by atoms with Gasteiger partial charge in [0, 0.05) is 32.9 Å². The number of benzene rings is 1. The van der Waals surface area contributed by atoms with Crippen LogP contribution in [0.5, 0.6) is 0 Å². The van der Waals surface area contributed by atoms with Gasteiger partial charge in [-0.25, -0.2) is 0 Å². The van der Waals surface area contributed by atoms with Gasteiger partial charge in [0.15, 0.2) is 0 Å². The molecular formula is C17H26N2O2. The molecule has 4 heteroatoms. The second kappa shape index (κ2) is 7.46. The summed E-state index contributed by atoms with van der Waals surface area (Å²) in [5.41, 5.74) is 2.18. The molecule has 1 fully saturated rings. The Morgan fingerprint density at radius 1 is 1.29 bits per heavy atom. The Balaban J connectivity index is 1.88. The molecule has 2 atom stereocenters. The van der Waals surface area contributed by atoms with E-state index in [1.54, 1.807) is 26.1 Å². The second-order valence-corrected chi connectivity index (χ2v) is 6.03. The summed E-state index contributed by atoms with van der Waals surface area (Å²) in [5.74, 6) is 0.130. The van der Waals surface area contributed by atoms with Gasteiger partial charge in [0.25, 0.3) is 0 Å². The third-order valence-electron chi connectivity index (χ3n) is 4.14. The number of methoxy groups -OCH3 is 1. The molecule has 1 amide bonds. The van der Waals surface area contributed by atoms with Crippen molar-refractivity contribution < 1.29 is 9.53 Å². The van der Waals surface area contributed by atoms with Crippen molar-refractivity contribution in [3.05, 3.63) is 29.8 Å². The van der Waals surface area contributed by atoms with E-state index in [0.29, 0.717) is 18.6 Å².